The summed E-state index contributed by atoms with van der Waals surface area (Å²) in [4.78, 5) is 0. The van der Waals surface area contributed by atoms with Gasteiger partial charge in [-0.3, -0.25) is 4.68 Å². The van der Waals surface area contributed by atoms with Crippen molar-refractivity contribution in [2.24, 2.45) is 5.92 Å². The fourth-order valence-corrected chi connectivity index (χ4v) is 2.04. The summed E-state index contributed by atoms with van der Waals surface area (Å²) in [5.41, 5.74) is 1.12. The van der Waals surface area contributed by atoms with E-state index in [2.05, 4.69) is 17.9 Å². The van der Waals surface area contributed by atoms with Gasteiger partial charge >= 0.3 is 0 Å². The van der Waals surface area contributed by atoms with Gasteiger partial charge in [-0.05, 0) is 18.8 Å². The van der Waals surface area contributed by atoms with Crippen molar-refractivity contribution >= 4 is 6.08 Å². The number of rotatable bonds is 3. The molecule has 1 fully saturated rings. The fourth-order valence-electron chi connectivity index (χ4n) is 2.04. The van der Waals surface area contributed by atoms with Gasteiger partial charge in [0.05, 0.1) is 6.20 Å². The van der Waals surface area contributed by atoms with Crippen molar-refractivity contribution in [3.63, 3.8) is 0 Å². The van der Waals surface area contributed by atoms with Gasteiger partial charge in [0, 0.05) is 18.3 Å². The summed E-state index contributed by atoms with van der Waals surface area (Å²) >= 11 is 0. The van der Waals surface area contributed by atoms with Gasteiger partial charge in [0.25, 0.3) is 0 Å². The first-order valence-electron chi connectivity index (χ1n) is 5.03. The van der Waals surface area contributed by atoms with Crippen LogP contribution in [0.5, 0.6) is 0 Å². The molecule has 0 spiro atoms. The van der Waals surface area contributed by atoms with E-state index >= 15 is 0 Å². The minimum Gasteiger partial charge on any atom is -0.272 e. The molecule has 0 aliphatic heterocycles. The van der Waals surface area contributed by atoms with Crippen molar-refractivity contribution in [3.8, 4) is 0 Å². The van der Waals surface area contributed by atoms with E-state index in [9.17, 15) is 0 Å². The van der Waals surface area contributed by atoms with E-state index in [0.717, 1.165) is 18.0 Å². The highest BCUT2D eigenvalue weighted by atomic mass is 15.3. The van der Waals surface area contributed by atoms with Crippen molar-refractivity contribution in [2.75, 3.05) is 0 Å². The summed E-state index contributed by atoms with van der Waals surface area (Å²) in [6.07, 6.45) is 11.4. The van der Waals surface area contributed by atoms with Gasteiger partial charge in [0.2, 0.25) is 0 Å². The Morgan fingerprint density at radius 2 is 2.31 bits per heavy atom. The summed E-state index contributed by atoms with van der Waals surface area (Å²) in [7, 11) is 0. The van der Waals surface area contributed by atoms with Gasteiger partial charge in [-0.15, -0.1) is 0 Å². The lowest BCUT2D eigenvalue weighted by Crippen LogP contribution is -2.07. The second-order valence-corrected chi connectivity index (χ2v) is 3.85. The molecule has 1 aromatic rings. The van der Waals surface area contributed by atoms with Crippen LogP contribution in [0.1, 0.15) is 31.2 Å². The third-order valence-electron chi connectivity index (χ3n) is 2.81. The third kappa shape index (κ3) is 2.00. The number of hydrogen-bond acceptors (Lipinski definition) is 1. The van der Waals surface area contributed by atoms with Gasteiger partial charge < -0.3 is 0 Å². The van der Waals surface area contributed by atoms with Crippen LogP contribution in [-0.4, -0.2) is 9.78 Å². The van der Waals surface area contributed by atoms with Gasteiger partial charge in [-0.1, -0.05) is 25.5 Å². The van der Waals surface area contributed by atoms with E-state index in [1.807, 2.05) is 17.0 Å². The first-order valence-corrected chi connectivity index (χ1v) is 5.03. The molecular weight excluding hydrogens is 160 g/mol. The summed E-state index contributed by atoms with van der Waals surface area (Å²) in [6, 6.07) is 0. The lowest BCUT2D eigenvalue weighted by Gasteiger charge is -2.07. The summed E-state index contributed by atoms with van der Waals surface area (Å²) in [6.45, 7) is 4.81. The Morgan fingerprint density at radius 3 is 2.92 bits per heavy atom. The van der Waals surface area contributed by atoms with Gasteiger partial charge in [-0.2, -0.15) is 5.10 Å². The molecular formula is C11H16N2. The van der Waals surface area contributed by atoms with Gasteiger partial charge in [0.1, 0.15) is 0 Å². The normalized spacial score (nSPS) is 17.8. The maximum Gasteiger partial charge on any atom is 0.0562 e. The van der Waals surface area contributed by atoms with Crippen molar-refractivity contribution in [1.82, 2.24) is 9.78 Å². The Balaban J connectivity index is 1.96. The zero-order valence-corrected chi connectivity index (χ0v) is 7.95. The summed E-state index contributed by atoms with van der Waals surface area (Å²) in [5, 5.41) is 4.30. The molecule has 0 N–H and O–H groups in total. The number of hydrogen-bond donors (Lipinski definition) is 0. The zero-order valence-electron chi connectivity index (χ0n) is 7.95. The van der Waals surface area contributed by atoms with Crippen LogP contribution >= 0.6 is 0 Å². The maximum atomic E-state index is 4.30. The second-order valence-electron chi connectivity index (χ2n) is 3.85. The van der Waals surface area contributed by atoms with Crippen LogP contribution in [0.2, 0.25) is 0 Å². The van der Waals surface area contributed by atoms with Crippen LogP contribution in [-0.2, 0) is 6.54 Å². The van der Waals surface area contributed by atoms with Crippen molar-refractivity contribution in [2.45, 2.75) is 32.2 Å². The van der Waals surface area contributed by atoms with E-state index in [4.69, 9.17) is 0 Å². The van der Waals surface area contributed by atoms with Crippen LogP contribution < -0.4 is 0 Å². The fraction of sp³-hybridized carbons (Fsp3) is 0.545. The number of aromatic nitrogens is 2. The molecule has 1 heterocycles. The van der Waals surface area contributed by atoms with E-state index in [1.54, 1.807) is 0 Å². The van der Waals surface area contributed by atoms with Crippen molar-refractivity contribution in [1.29, 1.82) is 0 Å². The monoisotopic (exact) mass is 176 g/mol. The first-order chi connectivity index (χ1) is 6.38. The van der Waals surface area contributed by atoms with E-state index in [1.165, 1.54) is 25.7 Å². The molecule has 0 saturated heterocycles. The molecule has 1 aromatic heterocycles. The molecule has 0 amide bonds. The second kappa shape index (κ2) is 3.77. The molecule has 0 aromatic carbocycles. The Bertz CT molecular complexity index is 282. The van der Waals surface area contributed by atoms with E-state index < -0.39 is 0 Å². The Hall–Kier alpha value is -1.05. The molecule has 1 saturated carbocycles. The van der Waals surface area contributed by atoms with Crippen LogP contribution in [0.4, 0.5) is 0 Å². The Labute approximate surface area is 79.3 Å². The summed E-state index contributed by atoms with van der Waals surface area (Å²) in [5.74, 6) is 0.859. The molecule has 1 aliphatic carbocycles. The molecule has 0 radical (unpaired) electrons. The topological polar surface area (TPSA) is 17.8 Å². The van der Waals surface area contributed by atoms with Crippen molar-refractivity contribution in [3.05, 3.63) is 24.5 Å². The van der Waals surface area contributed by atoms with Crippen LogP contribution in [0.25, 0.3) is 6.08 Å². The molecule has 0 unspecified atom stereocenters. The predicted molar refractivity (Wildman–Crippen MR) is 54.3 cm³/mol. The highest BCUT2D eigenvalue weighted by molar-refractivity contribution is 5.43. The lowest BCUT2D eigenvalue weighted by molar-refractivity contribution is 0.429. The van der Waals surface area contributed by atoms with Crippen LogP contribution in [0.3, 0.4) is 0 Å². The minimum absolute atomic E-state index is 0.859. The highest BCUT2D eigenvalue weighted by Crippen LogP contribution is 2.25. The van der Waals surface area contributed by atoms with Gasteiger partial charge in [0.15, 0.2) is 0 Å². The average Bonchev–Trinajstić information content (AvgIpc) is 2.76. The Morgan fingerprint density at radius 1 is 1.54 bits per heavy atom. The largest absolute Gasteiger partial charge is 0.272 e. The molecule has 2 heteroatoms. The zero-order chi connectivity index (χ0) is 9.10. The quantitative estimate of drug-likeness (QED) is 0.692. The first kappa shape index (κ1) is 8.54. The molecule has 0 atom stereocenters. The smallest absolute Gasteiger partial charge is 0.0562 e. The standard InChI is InChI=1S/C11H16N2/c1-2-10-7-12-13(8-10)9-11-5-3-4-6-11/h2,7-8,11H,1,3-6,9H2. The van der Waals surface area contributed by atoms with Crippen LogP contribution in [0.15, 0.2) is 19.0 Å². The predicted octanol–water partition coefficient (Wildman–Crippen LogP) is 2.72. The molecule has 2 nitrogen and oxygen atoms in total. The minimum atomic E-state index is 0.859. The van der Waals surface area contributed by atoms with E-state index in [-0.39, 0.29) is 0 Å². The Kier molecular flexibility index (Phi) is 2.48. The van der Waals surface area contributed by atoms with Crippen LogP contribution in [0, 0.1) is 5.92 Å². The van der Waals surface area contributed by atoms with E-state index in [0.29, 0.717) is 0 Å². The molecule has 2 rings (SSSR count). The summed E-state index contributed by atoms with van der Waals surface area (Å²) < 4.78 is 2.05. The maximum absolute atomic E-state index is 4.30. The molecule has 0 bridgehead atoms. The lowest BCUT2D eigenvalue weighted by atomic mass is 10.1. The van der Waals surface area contributed by atoms with Gasteiger partial charge in [-0.25, -0.2) is 0 Å². The number of nitrogens with zero attached hydrogens (tertiary/aromatic N) is 2. The SMILES string of the molecule is C=Cc1cnn(CC2CCCC2)c1. The molecule has 1 aliphatic rings. The molecule has 70 valence electrons. The average molecular weight is 176 g/mol. The van der Waals surface area contributed by atoms with Crippen molar-refractivity contribution < 1.29 is 0 Å². The third-order valence-corrected chi connectivity index (χ3v) is 2.81. The highest BCUT2D eigenvalue weighted by Gasteiger charge is 2.15. The molecule has 13 heavy (non-hydrogen) atoms.